The molecule has 0 aliphatic carbocycles. The van der Waals surface area contributed by atoms with E-state index in [1.165, 1.54) is 5.56 Å². The lowest BCUT2D eigenvalue weighted by atomic mass is 10.1. The molecule has 3 nitrogen and oxygen atoms in total. The molecule has 1 rings (SSSR count). The summed E-state index contributed by atoms with van der Waals surface area (Å²) in [7, 11) is 0. The van der Waals surface area contributed by atoms with Crippen LogP contribution in [-0.2, 0) is 17.8 Å². The summed E-state index contributed by atoms with van der Waals surface area (Å²) in [6, 6.07) is 9.18. The van der Waals surface area contributed by atoms with Gasteiger partial charge in [0.05, 0.1) is 6.42 Å². The molecule has 0 aliphatic heterocycles. The molecular formula is C15H24N2O. The monoisotopic (exact) mass is 248 g/mol. The minimum absolute atomic E-state index is 0.284. The quantitative estimate of drug-likeness (QED) is 0.840. The van der Waals surface area contributed by atoms with Crippen LogP contribution in [0.25, 0.3) is 0 Å². The highest BCUT2D eigenvalue weighted by Gasteiger charge is 2.13. The molecule has 1 aromatic rings. The lowest BCUT2D eigenvalue weighted by Crippen LogP contribution is -2.36. The molecule has 0 atom stereocenters. The third-order valence-electron chi connectivity index (χ3n) is 3.09. The predicted molar refractivity (Wildman–Crippen MR) is 75.2 cm³/mol. The zero-order valence-electron chi connectivity index (χ0n) is 11.8. The number of carbonyl (C=O) groups is 1. The van der Waals surface area contributed by atoms with Gasteiger partial charge in [-0.2, -0.15) is 0 Å². The minimum atomic E-state index is -0.284. The van der Waals surface area contributed by atoms with Crippen LogP contribution in [-0.4, -0.2) is 22.9 Å². The maximum absolute atomic E-state index is 10.8. The lowest BCUT2D eigenvalue weighted by Gasteiger charge is -2.30. The van der Waals surface area contributed by atoms with Crippen LogP contribution in [0.5, 0.6) is 0 Å². The van der Waals surface area contributed by atoms with E-state index >= 15 is 0 Å². The molecule has 0 aromatic heterocycles. The van der Waals surface area contributed by atoms with E-state index in [1.807, 2.05) is 12.1 Å². The summed E-state index contributed by atoms with van der Waals surface area (Å²) in [6.07, 6.45) is 0.318. The fraction of sp³-hybridized carbons (Fsp3) is 0.533. The van der Waals surface area contributed by atoms with Gasteiger partial charge < -0.3 is 5.73 Å². The van der Waals surface area contributed by atoms with Crippen LogP contribution in [0.3, 0.4) is 0 Å². The first kappa shape index (κ1) is 14.7. The fourth-order valence-electron chi connectivity index (χ4n) is 2.14. The summed E-state index contributed by atoms with van der Waals surface area (Å²) in [4.78, 5) is 13.3. The van der Waals surface area contributed by atoms with Crippen LogP contribution in [0, 0.1) is 0 Å². The Balaban J connectivity index is 2.70. The smallest absolute Gasteiger partial charge is 0.221 e. The van der Waals surface area contributed by atoms with Gasteiger partial charge in [0.25, 0.3) is 0 Å². The molecule has 1 amide bonds. The van der Waals surface area contributed by atoms with E-state index in [0.717, 1.165) is 12.1 Å². The van der Waals surface area contributed by atoms with Gasteiger partial charge >= 0.3 is 0 Å². The van der Waals surface area contributed by atoms with E-state index in [0.29, 0.717) is 18.5 Å². The largest absolute Gasteiger partial charge is 0.369 e. The average Bonchev–Trinajstić information content (AvgIpc) is 2.26. The van der Waals surface area contributed by atoms with Crippen molar-refractivity contribution in [1.29, 1.82) is 0 Å². The van der Waals surface area contributed by atoms with Gasteiger partial charge in [-0.05, 0) is 38.8 Å². The summed E-state index contributed by atoms with van der Waals surface area (Å²) in [5.41, 5.74) is 7.42. The maximum Gasteiger partial charge on any atom is 0.221 e. The summed E-state index contributed by atoms with van der Waals surface area (Å²) < 4.78 is 0. The molecule has 0 saturated carbocycles. The zero-order valence-corrected chi connectivity index (χ0v) is 11.8. The molecule has 0 fully saturated rings. The number of benzene rings is 1. The number of rotatable bonds is 6. The molecule has 100 valence electrons. The second-order valence-corrected chi connectivity index (χ2v) is 5.32. The normalized spacial score (nSPS) is 11.5. The topological polar surface area (TPSA) is 46.3 Å². The van der Waals surface area contributed by atoms with Crippen molar-refractivity contribution in [1.82, 2.24) is 4.90 Å². The van der Waals surface area contributed by atoms with Crippen LogP contribution in [0.15, 0.2) is 24.3 Å². The van der Waals surface area contributed by atoms with Gasteiger partial charge in [-0.3, -0.25) is 9.69 Å². The number of primary amides is 1. The van der Waals surface area contributed by atoms with Crippen LogP contribution in [0.2, 0.25) is 0 Å². The fourth-order valence-corrected chi connectivity index (χ4v) is 2.14. The number of nitrogens with zero attached hydrogens (tertiary/aromatic N) is 1. The summed E-state index contributed by atoms with van der Waals surface area (Å²) in [5, 5.41) is 0. The minimum Gasteiger partial charge on any atom is -0.369 e. The highest BCUT2D eigenvalue weighted by atomic mass is 16.1. The maximum atomic E-state index is 10.8. The lowest BCUT2D eigenvalue weighted by molar-refractivity contribution is -0.117. The van der Waals surface area contributed by atoms with Crippen molar-refractivity contribution in [3.8, 4) is 0 Å². The first-order valence-electron chi connectivity index (χ1n) is 6.52. The molecule has 0 unspecified atom stereocenters. The highest BCUT2D eigenvalue weighted by molar-refractivity contribution is 5.76. The third kappa shape index (κ3) is 4.49. The number of nitrogens with two attached hydrogens (primary N) is 1. The molecule has 0 saturated heterocycles. The Hall–Kier alpha value is -1.35. The molecule has 1 aromatic carbocycles. The standard InChI is InChI=1S/C15H24N2O/c1-11(2)17(12(3)4)10-14-7-5-13(6-8-14)9-15(16)18/h5-8,11-12H,9-10H2,1-4H3,(H2,16,18). The average molecular weight is 248 g/mol. The molecular weight excluding hydrogens is 224 g/mol. The van der Waals surface area contributed by atoms with Crippen molar-refractivity contribution in [2.24, 2.45) is 5.73 Å². The van der Waals surface area contributed by atoms with Gasteiger partial charge in [0.15, 0.2) is 0 Å². The molecule has 3 heteroatoms. The molecule has 18 heavy (non-hydrogen) atoms. The van der Waals surface area contributed by atoms with E-state index in [4.69, 9.17) is 5.73 Å². The van der Waals surface area contributed by atoms with Gasteiger partial charge in [0.2, 0.25) is 5.91 Å². The van der Waals surface area contributed by atoms with E-state index in [2.05, 4.69) is 44.7 Å². The Labute approximate surface area is 110 Å². The SMILES string of the molecule is CC(C)N(Cc1ccc(CC(N)=O)cc1)C(C)C. The van der Waals surface area contributed by atoms with Gasteiger partial charge in [-0.25, -0.2) is 0 Å². The van der Waals surface area contributed by atoms with Crippen LogP contribution < -0.4 is 5.73 Å². The first-order chi connectivity index (χ1) is 8.40. The second kappa shape index (κ2) is 6.55. The Morgan fingerprint density at radius 3 is 1.89 bits per heavy atom. The van der Waals surface area contributed by atoms with Crippen molar-refractivity contribution in [2.45, 2.75) is 52.7 Å². The number of carbonyl (C=O) groups excluding carboxylic acids is 1. The number of hydrogen-bond acceptors (Lipinski definition) is 2. The molecule has 0 bridgehead atoms. The van der Waals surface area contributed by atoms with Crippen molar-refractivity contribution in [2.75, 3.05) is 0 Å². The summed E-state index contributed by atoms with van der Waals surface area (Å²) in [5.74, 6) is -0.284. The van der Waals surface area contributed by atoms with Crippen molar-refractivity contribution in [3.05, 3.63) is 35.4 Å². The van der Waals surface area contributed by atoms with Gasteiger partial charge in [0, 0.05) is 18.6 Å². The van der Waals surface area contributed by atoms with Crippen LogP contribution in [0.1, 0.15) is 38.8 Å². The summed E-state index contributed by atoms with van der Waals surface area (Å²) in [6.45, 7) is 9.78. The van der Waals surface area contributed by atoms with E-state index in [1.54, 1.807) is 0 Å². The molecule has 2 N–H and O–H groups in total. The Bertz CT molecular complexity index is 374. The first-order valence-corrected chi connectivity index (χ1v) is 6.52. The van der Waals surface area contributed by atoms with E-state index in [9.17, 15) is 4.79 Å². The molecule has 0 spiro atoms. The van der Waals surface area contributed by atoms with Crippen molar-refractivity contribution in [3.63, 3.8) is 0 Å². The molecule has 0 heterocycles. The Kier molecular flexibility index (Phi) is 5.35. The number of hydrogen-bond donors (Lipinski definition) is 1. The molecule has 0 aliphatic rings. The molecule has 0 radical (unpaired) electrons. The second-order valence-electron chi connectivity index (χ2n) is 5.32. The van der Waals surface area contributed by atoms with Gasteiger partial charge in [0.1, 0.15) is 0 Å². The van der Waals surface area contributed by atoms with E-state index < -0.39 is 0 Å². The Morgan fingerprint density at radius 1 is 1.06 bits per heavy atom. The van der Waals surface area contributed by atoms with Gasteiger partial charge in [-0.1, -0.05) is 24.3 Å². The van der Waals surface area contributed by atoms with Crippen molar-refractivity contribution < 1.29 is 4.79 Å². The van der Waals surface area contributed by atoms with Gasteiger partial charge in [-0.15, -0.1) is 0 Å². The van der Waals surface area contributed by atoms with E-state index in [-0.39, 0.29) is 5.91 Å². The third-order valence-corrected chi connectivity index (χ3v) is 3.09. The highest BCUT2D eigenvalue weighted by Crippen LogP contribution is 2.13. The Morgan fingerprint density at radius 2 is 1.50 bits per heavy atom. The van der Waals surface area contributed by atoms with Crippen LogP contribution in [0.4, 0.5) is 0 Å². The number of amides is 1. The summed E-state index contributed by atoms with van der Waals surface area (Å²) >= 11 is 0. The predicted octanol–water partition coefficient (Wildman–Crippen LogP) is 2.33. The van der Waals surface area contributed by atoms with Crippen molar-refractivity contribution >= 4 is 5.91 Å². The zero-order chi connectivity index (χ0) is 13.7. The van der Waals surface area contributed by atoms with Crippen LogP contribution >= 0.6 is 0 Å².